The number of carboxylic acids is 1. The summed E-state index contributed by atoms with van der Waals surface area (Å²) in [6.45, 7) is 0. The Bertz CT molecular complexity index is 676. The smallest absolute Gasteiger partial charge is 0.335 e. The molecule has 6 nitrogen and oxygen atoms in total. The number of carbonyl (C=O) groups excluding carboxylic acids is 1. The van der Waals surface area contributed by atoms with E-state index >= 15 is 0 Å². The Hall–Kier alpha value is -2.47. The Morgan fingerprint density at radius 2 is 2.05 bits per heavy atom. The van der Waals surface area contributed by atoms with E-state index in [4.69, 9.17) is 16.7 Å². The Morgan fingerprint density at radius 1 is 1.29 bits per heavy atom. The van der Waals surface area contributed by atoms with Gasteiger partial charge in [0.1, 0.15) is 11.1 Å². The highest BCUT2D eigenvalue weighted by Crippen LogP contribution is 2.26. The normalized spacial score (nSPS) is 11.7. The summed E-state index contributed by atoms with van der Waals surface area (Å²) < 4.78 is 0. The lowest BCUT2D eigenvalue weighted by Gasteiger charge is -2.11. The van der Waals surface area contributed by atoms with Crippen LogP contribution in [0.5, 0.6) is 0 Å². The standard InChI is InChI=1S/C14H12ClN3O3/c1-16-13(19)11-7-8(14(20)21)6-10(18-11)12(15)9-4-2-3-5-17-9/h2-7,12H,1H3,(H,16,19)(H,20,21). The van der Waals surface area contributed by atoms with Crippen molar-refractivity contribution in [2.75, 3.05) is 7.05 Å². The first-order chi connectivity index (χ1) is 10.0. The van der Waals surface area contributed by atoms with Gasteiger partial charge in [0, 0.05) is 13.2 Å². The second kappa shape index (κ2) is 6.32. The van der Waals surface area contributed by atoms with Crippen LogP contribution >= 0.6 is 11.6 Å². The van der Waals surface area contributed by atoms with Crippen molar-refractivity contribution >= 4 is 23.5 Å². The molecule has 2 heterocycles. The van der Waals surface area contributed by atoms with E-state index in [0.29, 0.717) is 5.69 Å². The molecule has 21 heavy (non-hydrogen) atoms. The molecule has 7 heteroatoms. The molecule has 0 saturated heterocycles. The van der Waals surface area contributed by atoms with E-state index in [1.807, 2.05) is 0 Å². The first kappa shape index (κ1) is 14.9. The third-order valence-electron chi connectivity index (χ3n) is 2.76. The van der Waals surface area contributed by atoms with Crippen LogP contribution in [0.15, 0.2) is 36.5 Å². The van der Waals surface area contributed by atoms with Gasteiger partial charge in [-0.2, -0.15) is 0 Å². The minimum Gasteiger partial charge on any atom is -0.478 e. The molecule has 1 unspecified atom stereocenters. The lowest BCUT2D eigenvalue weighted by Crippen LogP contribution is -2.21. The van der Waals surface area contributed by atoms with Crippen molar-refractivity contribution in [1.82, 2.24) is 15.3 Å². The average molecular weight is 306 g/mol. The third-order valence-corrected chi connectivity index (χ3v) is 3.21. The van der Waals surface area contributed by atoms with Gasteiger partial charge >= 0.3 is 5.97 Å². The SMILES string of the molecule is CNC(=O)c1cc(C(=O)O)cc(C(Cl)c2ccccn2)n1. The van der Waals surface area contributed by atoms with E-state index in [1.165, 1.54) is 19.2 Å². The van der Waals surface area contributed by atoms with Crippen LogP contribution in [0.4, 0.5) is 0 Å². The molecule has 0 spiro atoms. The molecule has 0 aliphatic rings. The Morgan fingerprint density at radius 3 is 2.62 bits per heavy atom. The van der Waals surface area contributed by atoms with E-state index in [2.05, 4.69) is 15.3 Å². The Labute approximate surface area is 125 Å². The molecule has 2 N–H and O–H groups in total. The van der Waals surface area contributed by atoms with Crippen LogP contribution < -0.4 is 5.32 Å². The van der Waals surface area contributed by atoms with Gasteiger partial charge in [0.25, 0.3) is 5.91 Å². The summed E-state index contributed by atoms with van der Waals surface area (Å²) in [6, 6.07) is 7.74. The maximum absolute atomic E-state index is 11.7. The second-order valence-electron chi connectivity index (χ2n) is 4.17. The molecular formula is C14H12ClN3O3. The largest absolute Gasteiger partial charge is 0.478 e. The number of halogens is 1. The molecule has 2 aromatic heterocycles. The van der Waals surface area contributed by atoms with Crippen molar-refractivity contribution in [3.63, 3.8) is 0 Å². The number of carboxylic acid groups (broad SMARTS) is 1. The zero-order chi connectivity index (χ0) is 15.4. The van der Waals surface area contributed by atoms with Crippen LogP contribution in [0, 0.1) is 0 Å². The summed E-state index contributed by atoms with van der Waals surface area (Å²) in [4.78, 5) is 31.1. The lowest BCUT2D eigenvalue weighted by molar-refractivity contribution is 0.0696. The van der Waals surface area contributed by atoms with Crippen molar-refractivity contribution in [3.8, 4) is 0 Å². The van der Waals surface area contributed by atoms with E-state index in [-0.39, 0.29) is 17.0 Å². The third kappa shape index (κ3) is 3.35. The summed E-state index contributed by atoms with van der Waals surface area (Å²) in [7, 11) is 1.44. The fraction of sp³-hybridized carbons (Fsp3) is 0.143. The summed E-state index contributed by atoms with van der Waals surface area (Å²) >= 11 is 6.28. The average Bonchev–Trinajstić information content (AvgIpc) is 2.53. The predicted octanol–water partition coefficient (Wildman–Crippen LogP) is 1.86. The van der Waals surface area contributed by atoms with E-state index in [9.17, 15) is 9.59 Å². The number of hydrogen-bond acceptors (Lipinski definition) is 4. The van der Waals surface area contributed by atoms with Crippen LogP contribution in [0.2, 0.25) is 0 Å². The number of alkyl halides is 1. The number of rotatable bonds is 4. The number of nitrogens with zero attached hydrogens (tertiary/aromatic N) is 2. The first-order valence-electron chi connectivity index (χ1n) is 6.05. The fourth-order valence-corrected chi connectivity index (χ4v) is 1.97. The number of aromatic nitrogens is 2. The molecule has 0 saturated carbocycles. The topological polar surface area (TPSA) is 92.2 Å². The molecule has 2 rings (SSSR count). The number of carbonyl (C=O) groups is 2. The van der Waals surface area contributed by atoms with E-state index < -0.39 is 17.3 Å². The molecule has 2 aromatic rings. The zero-order valence-corrected chi connectivity index (χ0v) is 11.8. The highest BCUT2D eigenvalue weighted by Gasteiger charge is 2.19. The van der Waals surface area contributed by atoms with Crippen LogP contribution in [-0.2, 0) is 0 Å². The second-order valence-corrected chi connectivity index (χ2v) is 4.60. The molecule has 0 aliphatic carbocycles. The molecular weight excluding hydrogens is 294 g/mol. The van der Waals surface area contributed by atoms with Crippen LogP contribution in [0.25, 0.3) is 0 Å². The molecule has 0 aliphatic heterocycles. The van der Waals surface area contributed by atoms with Crippen molar-refractivity contribution in [3.05, 3.63) is 59.2 Å². The molecule has 0 radical (unpaired) electrons. The van der Waals surface area contributed by atoms with Gasteiger partial charge in [0.05, 0.1) is 17.0 Å². The van der Waals surface area contributed by atoms with Gasteiger partial charge in [-0.05, 0) is 24.3 Å². The monoisotopic (exact) mass is 305 g/mol. The van der Waals surface area contributed by atoms with Gasteiger partial charge in [0.15, 0.2) is 0 Å². The zero-order valence-electron chi connectivity index (χ0n) is 11.1. The Balaban J connectivity index is 2.50. The number of amides is 1. The number of pyridine rings is 2. The van der Waals surface area contributed by atoms with Crippen molar-refractivity contribution in [2.24, 2.45) is 0 Å². The number of nitrogens with one attached hydrogen (secondary N) is 1. The fourth-order valence-electron chi connectivity index (χ4n) is 1.73. The summed E-state index contributed by atoms with van der Waals surface area (Å²) in [5.74, 6) is -1.64. The highest BCUT2D eigenvalue weighted by molar-refractivity contribution is 6.22. The van der Waals surface area contributed by atoms with E-state index in [0.717, 1.165) is 0 Å². The van der Waals surface area contributed by atoms with Crippen molar-refractivity contribution < 1.29 is 14.7 Å². The molecule has 1 amide bonds. The van der Waals surface area contributed by atoms with Crippen molar-refractivity contribution in [2.45, 2.75) is 5.38 Å². The Kier molecular flexibility index (Phi) is 4.49. The van der Waals surface area contributed by atoms with Gasteiger partial charge in [-0.1, -0.05) is 6.07 Å². The minimum absolute atomic E-state index is 0.00557. The van der Waals surface area contributed by atoms with Gasteiger partial charge in [0.2, 0.25) is 0 Å². The molecule has 108 valence electrons. The first-order valence-corrected chi connectivity index (χ1v) is 6.49. The lowest BCUT2D eigenvalue weighted by atomic mass is 10.1. The summed E-state index contributed by atoms with van der Waals surface area (Å²) in [5.41, 5.74) is 0.722. The van der Waals surface area contributed by atoms with Gasteiger partial charge in [-0.25, -0.2) is 9.78 Å². The molecule has 0 bridgehead atoms. The predicted molar refractivity (Wildman–Crippen MR) is 76.5 cm³/mol. The molecule has 1 atom stereocenters. The summed E-state index contributed by atoms with van der Waals surface area (Å²) in [5, 5.41) is 10.8. The van der Waals surface area contributed by atoms with Gasteiger partial charge in [-0.3, -0.25) is 9.78 Å². The van der Waals surface area contributed by atoms with Crippen LogP contribution in [0.3, 0.4) is 0 Å². The van der Waals surface area contributed by atoms with Gasteiger partial charge in [-0.15, -0.1) is 11.6 Å². The maximum Gasteiger partial charge on any atom is 0.335 e. The van der Waals surface area contributed by atoms with Crippen molar-refractivity contribution in [1.29, 1.82) is 0 Å². The van der Waals surface area contributed by atoms with Gasteiger partial charge < -0.3 is 10.4 Å². The highest BCUT2D eigenvalue weighted by atomic mass is 35.5. The van der Waals surface area contributed by atoms with Crippen LogP contribution in [-0.4, -0.2) is 34.0 Å². The number of aromatic carboxylic acids is 1. The maximum atomic E-state index is 11.7. The quantitative estimate of drug-likeness (QED) is 0.841. The van der Waals surface area contributed by atoms with E-state index in [1.54, 1.807) is 24.4 Å². The summed E-state index contributed by atoms with van der Waals surface area (Å²) in [6.07, 6.45) is 1.57. The molecule has 0 aromatic carbocycles. The van der Waals surface area contributed by atoms with Crippen LogP contribution in [0.1, 0.15) is 37.6 Å². The number of hydrogen-bond donors (Lipinski definition) is 2. The molecule has 0 fully saturated rings. The minimum atomic E-state index is -1.16.